The van der Waals surface area contributed by atoms with Gasteiger partial charge < -0.3 is 4.90 Å². The van der Waals surface area contributed by atoms with Crippen LogP contribution in [0.3, 0.4) is 0 Å². The van der Waals surface area contributed by atoms with E-state index in [-0.39, 0.29) is 0 Å². The van der Waals surface area contributed by atoms with Gasteiger partial charge in [-0.05, 0) is 18.3 Å². The van der Waals surface area contributed by atoms with Crippen molar-refractivity contribution < 1.29 is 4.79 Å². The van der Waals surface area contributed by atoms with Crippen LogP contribution >= 0.6 is 0 Å². The normalized spacial score (nSPS) is 39.2. The number of carbonyl (C=O) groups excluding carboxylic acids is 1. The fraction of sp³-hybridized carbons (Fsp3) is 0.889. The summed E-state index contributed by atoms with van der Waals surface area (Å²) in [4.78, 5) is 13.5. The quantitative estimate of drug-likeness (QED) is 0.553. The Hall–Kier alpha value is -0.530. The van der Waals surface area contributed by atoms with E-state index >= 15 is 0 Å². The highest BCUT2D eigenvalue weighted by molar-refractivity contribution is 5.86. The van der Waals surface area contributed by atoms with Crippen LogP contribution in [-0.2, 0) is 4.79 Å². The minimum absolute atomic E-state index is 0.322. The molecule has 0 aromatic heterocycles. The maximum atomic E-state index is 11.5. The summed E-state index contributed by atoms with van der Waals surface area (Å²) in [6.45, 7) is 8.35. The van der Waals surface area contributed by atoms with E-state index in [4.69, 9.17) is 0 Å². The summed E-state index contributed by atoms with van der Waals surface area (Å²) in [7, 11) is 0. The van der Waals surface area contributed by atoms with E-state index in [9.17, 15) is 4.79 Å². The van der Waals surface area contributed by atoms with Crippen LogP contribution in [0.5, 0.6) is 0 Å². The second-order valence-corrected chi connectivity index (χ2v) is 4.28. The number of piperidine rings is 1. The zero-order chi connectivity index (χ0) is 8.22. The van der Waals surface area contributed by atoms with Gasteiger partial charge in [-0.15, -0.1) is 0 Å². The maximum absolute atomic E-state index is 11.5. The second kappa shape index (κ2) is 1.79. The van der Waals surface area contributed by atoms with Gasteiger partial charge in [-0.25, -0.2) is 0 Å². The molecule has 1 saturated heterocycles. The van der Waals surface area contributed by atoms with Gasteiger partial charge in [0.2, 0.25) is 5.91 Å². The van der Waals surface area contributed by atoms with Crippen LogP contribution in [0.1, 0.15) is 20.8 Å². The van der Waals surface area contributed by atoms with Crippen LogP contribution in [0.4, 0.5) is 0 Å². The van der Waals surface area contributed by atoms with E-state index in [1.807, 2.05) is 4.90 Å². The molecule has 2 rings (SSSR count). The van der Waals surface area contributed by atoms with Gasteiger partial charge in [0.15, 0.2) is 0 Å². The molecule has 0 aromatic rings. The van der Waals surface area contributed by atoms with Crippen molar-refractivity contribution in [3.8, 4) is 0 Å². The van der Waals surface area contributed by atoms with Gasteiger partial charge >= 0.3 is 0 Å². The van der Waals surface area contributed by atoms with Crippen molar-refractivity contribution in [1.29, 1.82) is 0 Å². The molecule has 11 heavy (non-hydrogen) atoms. The van der Waals surface area contributed by atoms with Gasteiger partial charge in [-0.2, -0.15) is 0 Å². The zero-order valence-corrected chi connectivity index (χ0v) is 7.42. The average Bonchev–Trinajstić information content (AvgIpc) is 2.34. The molecular formula is C9H15NO. The van der Waals surface area contributed by atoms with Crippen molar-refractivity contribution in [3.63, 3.8) is 0 Å². The zero-order valence-electron chi connectivity index (χ0n) is 7.42. The summed E-state index contributed by atoms with van der Waals surface area (Å²) >= 11 is 0. The third kappa shape index (κ3) is 0.700. The van der Waals surface area contributed by atoms with Gasteiger partial charge in [0.25, 0.3) is 0 Å². The van der Waals surface area contributed by atoms with E-state index in [1.54, 1.807) is 0 Å². The van der Waals surface area contributed by atoms with Gasteiger partial charge in [0.05, 0.1) is 0 Å². The first kappa shape index (κ1) is 7.14. The Bertz CT molecular complexity index is 210. The first-order chi connectivity index (χ1) is 5.09. The SMILES string of the molecule is CCN1CC2C(C1=O)C2(C)C. The third-order valence-electron chi connectivity index (χ3n) is 3.43. The summed E-state index contributed by atoms with van der Waals surface area (Å²) in [6.07, 6.45) is 0. The van der Waals surface area contributed by atoms with E-state index in [2.05, 4.69) is 20.8 Å². The number of rotatable bonds is 1. The molecule has 62 valence electrons. The Kier molecular flexibility index (Phi) is 1.16. The third-order valence-corrected chi connectivity index (χ3v) is 3.43. The molecule has 1 aliphatic heterocycles. The largest absolute Gasteiger partial charge is 0.342 e. The standard InChI is InChI=1S/C9H15NO/c1-4-10-5-6-7(8(10)11)9(6,2)3/h6-7H,4-5H2,1-3H3. The fourth-order valence-electron chi connectivity index (χ4n) is 2.38. The topological polar surface area (TPSA) is 20.3 Å². The Morgan fingerprint density at radius 3 is 2.64 bits per heavy atom. The van der Waals surface area contributed by atoms with Crippen molar-refractivity contribution in [2.24, 2.45) is 17.3 Å². The number of hydrogen-bond acceptors (Lipinski definition) is 1. The van der Waals surface area contributed by atoms with E-state index in [0.717, 1.165) is 13.1 Å². The highest BCUT2D eigenvalue weighted by Crippen LogP contribution is 2.62. The summed E-state index contributed by atoms with van der Waals surface area (Å²) < 4.78 is 0. The minimum Gasteiger partial charge on any atom is -0.342 e. The molecule has 1 aliphatic carbocycles. The average molecular weight is 153 g/mol. The molecule has 1 heterocycles. The predicted molar refractivity (Wildman–Crippen MR) is 43.0 cm³/mol. The van der Waals surface area contributed by atoms with E-state index < -0.39 is 0 Å². The van der Waals surface area contributed by atoms with Crippen LogP contribution in [0.25, 0.3) is 0 Å². The number of carbonyl (C=O) groups is 1. The highest BCUT2D eigenvalue weighted by Gasteiger charge is 2.66. The molecule has 2 heteroatoms. The van der Waals surface area contributed by atoms with E-state index in [0.29, 0.717) is 23.2 Å². The smallest absolute Gasteiger partial charge is 0.226 e. The molecule has 0 aromatic carbocycles. The van der Waals surface area contributed by atoms with Crippen LogP contribution in [0, 0.1) is 17.3 Å². The minimum atomic E-state index is 0.322. The molecule has 0 bridgehead atoms. The first-order valence-electron chi connectivity index (χ1n) is 4.37. The van der Waals surface area contributed by atoms with Crippen LogP contribution < -0.4 is 0 Å². The van der Waals surface area contributed by atoms with Crippen molar-refractivity contribution in [1.82, 2.24) is 4.90 Å². The molecule has 0 spiro atoms. The summed E-state index contributed by atoms with van der Waals surface area (Å²) in [6, 6.07) is 0. The van der Waals surface area contributed by atoms with Crippen molar-refractivity contribution >= 4 is 5.91 Å². The number of likely N-dealkylation sites (tertiary alicyclic amines) is 1. The number of nitrogens with zero attached hydrogens (tertiary/aromatic N) is 1. The number of hydrogen-bond donors (Lipinski definition) is 0. The van der Waals surface area contributed by atoms with Crippen LogP contribution in [0.2, 0.25) is 0 Å². The molecule has 2 fully saturated rings. The van der Waals surface area contributed by atoms with Gasteiger partial charge in [-0.3, -0.25) is 4.79 Å². The first-order valence-corrected chi connectivity index (χ1v) is 4.37. The number of fused-ring (bicyclic) bond motifs is 1. The summed E-state index contributed by atoms with van der Waals surface area (Å²) in [5.41, 5.74) is 0.322. The Morgan fingerprint density at radius 1 is 1.64 bits per heavy atom. The lowest BCUT2D eigenvalue weighted by Crippen LogP contribution is -2.31. The summed E-state index contributed by atoms with van der Waals surface area (Å²) in [5.74, 6) is 1.42. The maximum Gasteiger partial charge on any atom is 0.226 e. The van der Waals surface area contributed by atoms with Crippen molar-refractivity contribution in [3.05, 3.63) is 0 Å². The Balaban J connectivity index is 2.12. The lowest BCUT2D eigenvalue weighted by atomic mass is 10.1. The van der Waals surface area contributed by atoms with Crippen molar-refractivity contribution in [2.75, 3.05) is 13.1 Å². The van der Waals surface area contributed by atoms with Gasteiger partial charge in [0, 0.05) is 19.0 Å². The fourth-order valence-corrected chi connectivity index (χ4v) is 2.38. The van der Waals surface area contributed by atoms with Crippen LogP contribution in [-0.4, -0.2) is 23.9 Å². The lowest BCUT2D eigenvalue weighted by Gasteiger charge is -2.19. The lowest BCUT2D eigenvalue weighted by molar-refractivity contribution is -0.131. The molecule has 2 nitrogen and oxygen atoms in total. The molecule has 1 amide bonds. The van der Waals surface area contributed by atoms with Crippen molar-refractivity contribution in [2.45, 2.75) is 20.8 Å². The predicted octanol–water partition coefficient (Wildman–Crippen LogP) is 1.12. The molecule has 0 radical (unpaired) electrons. The Labute approximate surface area is 67.6 Å². The molecule has 2 atom stereocenters. The van der Waals surface area contributed by atoms with Gasteiger partial charge in [0.1, 0.15) is 0 Å². The highest BCUT2D eigenvalue weighted by atomic mass is 16.2. The molecule has 2 aliphatic rings. The molecule has 1 saturated carbocycles. The van der Waals surface area contributed by atoms with Gasteiger partial charge in [-0.1, -0.05) is 13.8 Å². The Morgan fingerprint density at radius 2 is 2.27 bits per heavy atom. The molecule has 2 unspecified atom stereocenters. The van der Waals surface area contributed by atoms with Crippen LogP contribution in [0.15, 0.2) is 0 Å². The number of amides is 1. The summed E-state index contributed by atoms with van der Waals surface area (Å²) in [5, 5.41) is 0. The molecular weight excluding hydrogens is 138 g/mol. The molecule has 0 N–H and O–H groups in total. The second-order valence-electron chi connectivity index (χ2n) is 4.28. The van der Waals surface area contributed by atoms with E-state index in [1.165, 1.54) is 0 Å². The monoisotopic (exact) mass is 153 g/mol.